The molecule has 0 amide bonds. The summed E-state index contributed by atoms with van der Waals surface area (Å²) in [6.45, 7) is 1.56. The van der Waals surface area contributed by atoms with Crippen molar-refractivity contribution < 1.29 is 27.7 Å². The molecule has 1 aliphatic heterocycles. The quantitative estimate of drug-likeness (QED) is 0.392. The van der Waals surface area contributed by atoms with Crippen LogP contribution in [-0.4, -0.2) is 63.0 Å². The van der Waals surface area contributed by atoms with Gasteiger partial charge in [-0.25, -0.2) is 4.57 Å². The molecule has 2 unspecified atom stereocenters. The Labute approximate surface area is 89.9 Å². The van der Waals surface area contributed by atoms with Crippen molar-refractivity contribution in [2.24, 2.45) is 0 Å². The molecule has 0 aromatic rings. The molecule has 2 atom stereocenters. The first kappa shape index (κ1) is 13.1. The lowest BCUT2D eigenvalue weighted by molar-refractivity contribution is -0.870. The molecule has 0 spiro atoms. The van der Waals surface area contributed by atoms with E-state index in [1.165, 1.54) is 0 Å². The van der Waals surface area contributed by atoms with Crippen molar-refractivity contribution in [1.82, 2.24) is 0 Å². The lowest BCUT2D eigenvalue weighted by atomic mass is 10.5. The SMILES string of the molecule is C[N+](C)(C)CCOP(=O)(O)OCC1CO1. The van der Waals surface area contributed by atoms with Crippen LogP contribution in [0.2, 0.25) is 0 Å². The van der Waals surface area contributed by atoms with E-state index in [1.54, 1.807) is 0 Å². The van der Waals surface area contributed by atoms with E-state index in [0.717, 1.165) is 0 Å². The maximum atomic E-state index is 11.3. The van der Waals surface area contributed by atoms with Crippen LogP contribution >= 0.6 is 7.82 Å². The van der Waals surface area contributed by atoms with Crippen molar-refractivity contribution in [2.45, 2.75) is 6.10 Å². The Morgan fingerprint density at radius 3 is 2.53 bits per heavy atom. The molecule has 0 aromatic carbocycles. The number of rotatable bonds is 7. The van der Waals surface area contributed by atoms with Gasteiger partial charge in [-0.3, -0.25) is 9.05 Å². The van der Waals surface area contributed by atoms with Gasteiger partial charge in [0.05, 0.1) is 34.4 Å². The maximum Gasteiger partial charge on any atom is 0.472 e. The van der Waals surface area contributed by atoms with Crippen molar-refractivity contribution in [3.63, 3.8) is 0 Å². The Hall–Kier alpha value is 0.0300. The maximum absolute atomic E-state index is 11.3. The van der Waals surface area contributed by atoms with Gasteiger partial charge in [-0.15, -0.1) is 0 Å². The molecule has 90 valence electrons. The molecular formula is C8H19NO5P+. The Kier molecular flexibility index (Phi) is 4.29. The molecule has 6 nitrogen and oxygen atoms in total. The average Bonchev–Trinajstić information content (AvgIpc) is 2.80. The third-order valence-corrected chi connectivity index (χ3v) is 2.83. The van der Waals surface area contributed by atoms with Crippen LogP contribution in [0.25, 0.3) is 0 Å². The fourth-order valence-corrected chi connectivity index (χ4v) is 1.55. The highest BCUT2D eigenvalue weighted by atomic mass is 31.2. The first-order chi connectivity index (χ1) is 6.79. The minimum Gasteiger partial charge on any atom is -0.371 e. The number of nitrogens with zero attached hydrogens (tertiary/aromatic N) is 1. The van der Waals surface area contributed by atoms with Crippen LogP contribution in [-0.2, 0) is 18.3 Å². The van der Waals surface area contributed by atoms with Crippen LogP contribution in [0.1, 0.15) is 0 Å². The van der Waals surface area contributed by atoms with E-state index < -0.39 is 7.82 Å². The summed E-state index contributed by atoms with van der Waals surface area (Å²) in [5, 5.41) is 0. The zero-order chi connectivity index (χ0) is 11.5. The van der Waals surface area contributed by atoms with Gasteiger partial charge in [0.2, 0.25) is 0 Å². The molecule has 0 radical (unpaired) electrons. The van der Waals surface area contributed by atoms with Crippen molar-refractivity contribution in [3.05, 3.63) is 0 Å². The number of quaternary nitrogens is 1. The lowest BCUT2D eigenvalue weighted by Crippen LogP contribution is -2.37. The van der Waals surface area contributed by atoms with Gasteiger partial charge in [-0.05, 0) is 0 Å². The van der Waals surface area contributed by atoms with E-state index in [-0.39, 0.29) is 19.3 Å². The predicted molar refractivity (Wildman–Crippen MR) is 54.4 cm³/mol. The first-order valence-corrected chi connectivity index (χ1v) is 6.32. The molecule has 1 saturated heterocycles. The highest BCUT2D eigenvalue weighted by molar-refractivity contribution is 7.47. The largest absolute Gasteiger partial charge is 0.472 e. The van der Waals surface area contributed by atoms with Crippen LogP contribution in [0, 0.1) is 0 Å². The van der Waals surface area contributed by atoms with Gasteiger partial charge in [-0.2, -0.15) is 0 Å². The number of phosphoric ester groups is 1. The van der Waals surface area contributed by atoms with E-state index in [4.69, 9.17) is 13.8 Å². The van der Waals surface area contributed by atoms with Crippen molar-refractivity contribution in [3.8, 4) is 0 Å². The van der Waals surface area contributed by atoms with Crippen LogP contribution in [0.4, 0.5) is 0 Å². The summed E-state index contributed by atoms with van der Waals surface area (Å²) in [5.74, 6) is 0. The lowest BCUT2D eigenvalue weighted by Gasteiger charge is -2.23. The molecule has 1 heterocycles. The zero-order valence-electron chi connectivity index (χ0n) is 9.38. The average molecular weight is 240 g/mol. The minimum absolute atomic E-state index is 0.0347. The monoisotopic (exact) mass is 240 g/mol. The smallest absolute Gasteiger partial charge is 0.371 e. The number of ether oxygens (including phenoxy) is 1. The highest BCUT2D eigenvalue weighted by Gasteiger charge is 2.29. The number of hydrogen-bond acceptors (Lipinski definition) is 4. The molecule has 1 rings (SSSR count). The van der Waals surface area contributed by atoms with Crippen LogP contribution in [0.3, 0.4) is 0 Å². The zero-order valence-corrected chi connectivity index (χ0v) is 10.3. The van der Waals surface area contributed by atoms with Crippen molar-refractivity contribution >= 4 is 7.82 Å². The minimum atomic E-state index is -3.88. The third-order valence-electron chi connectivity index (χ3n) is 1.84. The molecule has 0 aromatic heterocycles. The first-order valence-electron chi connectivity index (χ1n) is 4.82. The Bertz CT molecular complexity index is 248. The van der Waals surface area contributed by atoms with Gasteiger partial charge < -0.3 is 14.1 Å². The molecule has 1 N–H and O–H groups in total. The third kappa shape index (κ3) is 7.00. The van der Waals surface area contributed by atoms with E-state index in [1.807, 2.05) is 21.1 Å². The summed E-state index contributed by atoms with van der Waals surface area (Å²) < 4.78 is 26.3. The summed E-state index contributed by atoms with van der Waals surface area (Å²) >= 11 is 0. The second-order valence-electron chi connectivity index (χ2n) is 4.57. The standard InChI is InChI=1S/C8H18NO5P/c1-9(2,3)4-5-13-15(10,11)14-7-8-6-12-8/h8H,4-7H2,1-3H3/p+1. The Morgan fingerprint density at radius 1 is 1.47 bits per heavy atom. The Morgan fingerprint density at radius 2 is 2.07 bits per heavy atom. The molecule has 1 aliphatic rings. The van der Waals surface area contributed by atoms with E-state index >= 15 is 0 Å². The molecule has 0 saturated carbocycles. The van der Waals surface area contributed by atoms with Gasteiger partial charge in [-0.1, -0.05) is 0 Å². The molecule has 0 aliphatic carbocycles. The van der Waals surface area contributed by atoms with Gasteiger partial charge in [0.1, 0.15) is 19.3 Å². The highest BCUT2D eigenvalue weighted by Crippen LogP contribution is 2.43. The van der Waals surface area contributed by atoms with E-state index in [9.17, 15) is 9.46 Å². The van der Waals surface area contributed by atoms with Gasteiger partial charge >= 0.3 is 7.82 Å². The van der Waals surface area contributed by atoms with Crippen LogP contribution < -0.4 is 0 Å². The summed E-state index contributed by atoms with van der Waals surface area (Å²) in [5.41, 5.74) is 0. The normalized spacial score (nSPS) is 24.9. The number of epoxide rings is 1. The van der Waals surface area contributed by atoms with E-state index in [0.29, 0.717) is 17.6 Å². The summed E-state index contributed by atoms with van der Waals surface area (Å²) in [6, 6.07) is 0. The topological polar surface area (TPSA) is 68.3 Å². The second-order valence-corrected chi connectivity index (χ2v) is 6.02. The van der Waals surface area contributed by atoms with Gasteiger partial charge in [0, 0.05) is 0 Å². The van der Waals surface area contributed by atoms with Crippen LogP contribution in [0.5, 0.6) is 0 Å². The van der Waals surface area contributed by atoms with Gasteiger partial charge in [0.25, 0.3) is 0 Å². The van der Waals surface area contributed by atoms with Crippen LogP contribution in [0.15, 0.2) is 0 Å². The molecule has 15 heavy (non-hydrogen) atoms. The number of hydrogen-bond donors (Lipinski definition) is 1. The number of phosphoric acid groups is 1. The molecule has 1 fully saturated rings. The summed E-state index contributed by atoms with van der Waals surface area (Å²) in [6.07, 6.45) is -0.0347. The fourth-order valence-electron chi connectivity index (χ4n) is 0.809. The Balaban J connectivity index is 2.14. The molecule has 7 heteroatoms. The predicted octanol–water partition coefficient (Wildman–Crippen LogP) is 0.225. The molecule has 0 bridgehead atoms. The fraction of sp³-hybridized carbons (Fsp3) is 1.00. The van der Waals surface area contributed by atoms with Crippen molar-refractivity contribution in [2.75, 3.05) is 47.5 Å². The number of likely N-dealkylation sites (N-methyl/N-ethyl adjacent to an activating group) is 1. The molecular weight excluding hydrogens is 221 g/mol. The second kappa shape index (κ2) is 4.91. The van der Waals surface area contributed by atoms with E-state index in [2.05, 4.69) is 0 Å². The summed E-state index contributed by atoms with van der Waals surface area (Å²) in [7, 11) is 2.05. The van der Waals surface area contributed by atoms with Crippen molar-refractivity contribution in [1.29, 1.82) is 0 Å². The van der Waals surface area contributed by atoms with Gasteiger partial charge in [0.15, 0.2) is 0 Å². The summed E-state index contributed by atoms with van der Waals surface area (Å²) in [4.78, 5) is 9.24.